The maximum Gasteiger partial charge on any atom is 0.315 e. The summed E-state index contributed by atoms with van der Waals surface area (Å²) >= 11 is 0. The Balaban J connectivity index is 1.37. The molecule has 2 bridgehead atoms. The quantitative estimate of drug-likeness (QED) is 0.166. The average Bonchev–Trinajstić information content (AvgIpc) is 3.48. The Morgan fingerprint density at radius 3 is 2.26 bits per heavy atom. The number of Topliss-reactive ketones (excluding diaryl/α,β-unsaturated/α-hetero) is 1. The summed E-state index contributed by atoms with van der Waals surface area (Å²) in [4.78, 5) is 97.8. The number of urea groups is 1. The highest BCUT2D eigenvalue weighted by atomic mass is 16.5. The van der Waals surface area contributed by atoms with Crippen LogP contribution in [0.5, 0.6) is 0 Å². The molecule has 0 spiro atoms. The zero-order valence-corrected chi connectivity index (χ0v) is 32.3. The molecule has 2 aliphatic carbocycles. The van der Waals surface area contributed by atoms with Gasteiger partial charge in [-0.15, -0.1) is 6.58 Å². The zero-order valence-electron chi connectivity index (χ0n) is 32.3. The third-order valence-corrected chi connectivity index (χ3v) is 12.4. The lowest BCUT2D eigenvalue weighted by atomic mass is 9.85. The average molecular weight is 741 g/mol. The SMILES string of the molecule is C=CCNC(=O)C(=O)[C@@H]1CCCCCCCO[C@@H](C)[C@H](NC(=O)N[C@H](CN2C(=O)C3CCC(C3)C2=O)C(C)(C)C)C(=O)N2CC3[C@@H]([C@H]2C(=O)N1)C3(C)C. The monoisotopic (exact) mass is 740 g/mol. The summed E-state index contributed by atoms with van der Waals surface area (Å²) in [5.41, 5.74) is -0.784. The molecule has 3 unspecified atom stereocenters. The minimum Gasteiger partial charge on any atom is -0.376 e. The van der Waals surface area contributed by atoms with Crippen LogP contribution < -0.4 is 21.3 Å². The first-order chi connectivity index (χ1) is 25.0. The molecule has 5 rings (SSSR count). The number of carbonyl (C=O) groups excluding carboxylic acids is 7. The van der Waals surface area contributed by atoms with Crippen molar-refractivity contribution in [2.45, 2.75) is 130 Å². The summed E-state index contributed by atoms with van der Waals surface area (Å²) in [5, 5.41) is 11.2. The molecule has 3 aliphatic heterocycles. The Hall–Kier alpha value is -3.81. The molecule has 3 saturated heterocycles. The van der Waals surface area contributed by atoms with Crippen molar-refractivity contribution < 1.29 is 38.3 Å². The lowest BCUT2D eigenvalue weighted by molar-refractivity contribution is -0.153. The summed E-state index contributed by atoms with van der Waals surface area (Å²) in [6.07, 6.45) is 6.80. The molecule has 14 heteroatoms. The fourth-order valence-electron chi connectivity index (χ4n) is 8.87. The minimum absolute atomic E-state index is 0.0184. The summed E-state index contributed by atoms with van der Waals surface area (Å²) in [5.74, 6) is -3.43. The maximum absolute atomic E-state index is 14.6. The highest BCUT2D eigenvalue weighted by Gasteiger charge is 2.69. The molecule has 0 aromatic rings. The van der Waals surface area contributed by atoms with Gasteiger partial charge in [-0.2, -0.15) is 0 Å². The van der Waals surface area contributed by atoms with Crippen molar-refractivity contribution in [2.75, 3.05) is 26.2 Å². The summed E-state index contributed by atoms with van der Waals surface area (Å²) < 4.78 is 6.16. The van der Waals surface area contributed by atoms with Gasteiger partial charge in [-0.1, -0.05) is 66.4 Å². The Morgan fingerprint density at radius 2 is 1.62 bits per heavy atom. The Bertz CT molecular complexity index is 1450. The molecule has 14 nitrogen and oxygen atoms in total. The van der Waals surface area contributed by atoms with Crippen LogP contribution >= 0.6 is 0 Å². The zero-order chi connectivity index (χ0) is 38.8. The van der Waals surface area contributed by atoms with Gasteiger partial charge in [0.2, 0.25) is 29.4 Å². The number of fused-ring (bicyclic) bond motifs is 5. The molecule has 5 fully saturated rings. The summed E-state index contributed by atoms with van der Waals surface area (Å²) in [6.45, 7) is 15.9. The van der Waals surface area contributed by atoms with Crippen molar-refractivity contribution in [1.82, 2.24) is 31.1 Å². The van der Waals surface area contributed by atoms with E-state index >= 15 is 0 Å². The first-order valence-corrected chi connectivity index (χ1v) is 19.5. The van der Waals surface area contributed by atoms with E-state index in [4.69, 9.17) is 4.74 Å². The first kappa shape index (κ1) is 40.4. The number of nitrogens with one attached hydrogen (secondary N) is 4. The molecule has 0 aromatic carbocycles. The molecule has 7 amide bonds. The van der Waals surface area contributed by atoms with Crippen LogP contribution in [-0.2, 0) is 33.5 Å². The van der Waals surface area contributed by atoms with Crippen molar-refractivity contribution >= 4 is 41.4 Å². The normalized spacial score (nSPS) is 32.6. The molecule has 9 atom stereocenters. The van der Waals surface area contributed by atoms with Gasteiger partial charge in [0, 0.05) is 38.1 Å². The van der Waals surface area contributed by atoms with Gasteiger partial charge in [-0.25, -0.2) is 4.79 Å². The van der Waals surface area contributed by atoms with Gasteiger partial charge in [-0.05, 0) is 61.7 Å². The number of carbonyl (C=O) groups is 7. The van der Waals surface area contributed by atoms with E-state index in [9.17, 15) is 33.6 Å². The van der Waals surface area contributed by atoms with Crippen molar-refractivity contribution in [3.05, 3.63) is 12.7 Å². The number of nitrogens with zero attached hydrogens (tertiary/aromatic N) is 2. The fourth-order valence-corrected chi connectivity index (χ4v) is 8.87. The minimum atomic E-state index is -1.17. The first-order valence-electron chi connectivity index (χ1n) is 19.5. The van der Waals surface area contributed by atoms with E-state index < -0.39 is 65.2 Å². The van der Waals surface area contributed by atoms with Crippen molar-refractivity contribution in [3.63, 3.8) is 0 Å². The number of amides is 7. The number of ketones is 1. The van der Waals surface area contributed by atoms with Gasteiger partial charge in [0.1, 0.15) is 12.1 Å². The lowest BCUT2D eigenvalue weighted by Crippen LogP contribution is -2.63. The van der Waals surface area contributed by atoms with E-state index in [0.717, 1.165) is 25.7 Å². The van der Waals surface area contributed by atoms with Gasteiger partial charge in [0.25, 0.3) is 5.91 Å². The van der Waals surface area contributed by atoms with E-state index in [1.54, 1.807) is 6.92 Å². The second kappa shape index (κ2) is 16.3. The van der Waals surface area contributed by atoms with Gasteiger partial charge in [-0.3, -0.25) is 33.7 Å². The number of hydrogen-bond donors (Lipinski definition) is 4. The van der Waals surface area contributed by atoms with E-state index in [1.807, 2.05) is 34.6 Å². The Morgan fingerprint density at radius 1 is 0.981 bits per heavy atom. The predicted molar refractivity (Wildman–Crippen MR) is 196 cm³/mol. The number of imide groups is 1. The number of hydrogen-bond acceptors (Lipinski definition) is 8. The maximum atomic E-state index is 14.6. The van der Waals surface area contributed by atoms with Crippen LogP contribution in [0.4, 0.5) is 4.79 Å². The molecule has 5 aliphatic rings. The Labute approximate surface area is 313 Å². The van der Waals surface area contributed by atoms with E-state index in [2.05, 4.69) is 27.8 Å². The molecule has 0 radical (unpaired) electrons. The summed E-state index contributed by atoms with van der Waals surface area (Å²) in [7, 11) is 0. The molecule has 53 heavy (non-hydrogen) atoms. The van der Waals surface area contributed by atoms with E-state index in [1.165, 1.54) is 15.9 Å². The second-order valence-electron chi connectivity index (χ2n) is 17.5. The molecule has 2 saturated carbocycles. The number of piperidine rings is 2. The molecular weight excluding hydrogens is 680 g/mol. The summed E-state index contributed by atoms with van der Waals surface area (Å²) in [6, 6.07) is -4.42. The fraction of sp³-hybridized carbons (Fsp3) is 0.769. The Kier molecular flexibility index (Phi) is 12.4. The van der Waals surface area contributed by atoms with E-state index in [0.29, 0.717) is 32.3 Å². The van der Waals surface area contributed by atoms with Crippen LogP contribution in [0.1, 0.15) is 99.3 Å². The third-order valence-electron chi connectivity index (χ3n) is 12.4. The van der Waals surface area contributed by atoms with Gasteiger partial charge < -0.3 is 30.9 Å². The number of ether oxygens (including phenoxy) is 1. The smallest absolute Gasteiger partial charge is 0.315 e. The van der Waals surface area contributed by atoms with Crippen LogP contribution in [0.25, 0.3) is 0 Å². The highest BCUT2D eigenvalue weighted by molar-refractivity contribution is 6.38. The predicted octanol–water partition coefficient (Wildman–Crippen LogP) is 2.45. The number of likely N-dealkylation sites (tertiary alicyclic amines) is 1. The van der Waals surface area contributed by atoms with Crippen molar-refractivity contribution in [1.29, 1.82) is 0 Å². The number of rotatable bonds is 8. The topological polar surface area (TPSA) is 183 Å². The van der Waals surface area contributed by atoms with Crippen LogP contribution in [0.2, 0.25) is 0 Å². The third kappa shape index (κ3) is 8.78. The van der Waals surface area contributed by atoms with E-state index in [-0.39, 0.29) is 67.0 Å². The lowest BCUT2D eigenvalue weighted by Gasteiger charge is -2.39. The van der Waals surface area contributed by atoms with Crippen molar-refractivity contribution in [3.8, 4) is 0 Å². The van der Waals surface area contributed by atoms with Crippen LogP contribution in [0.15, 0.2) is 12.7 Å². The van der Waals surface area contributed by atoms with Crippen LogP contribution in [0, 0.1) is 34.5 Å². The van der Waals surface area contributed by atoms with Gasteiger partial charge >= 0.3 is 6.03 Å². The standard InChI is InChI=1S/C39H60N6O8/c1-8-17-40-33(48)31(46)26-14-12-10-9-11-13-18-53-22(2)29(36(51)44-20-25-28(39(25,6)7)30(44)32(47)41-26)43-37(52)42-27(38(3,4)5)21-45-34(49)23-15-16-24(19-23)35(45)50/h8,22-30H,1,9-21H2,2-7H3,(H,40,48)(H,41,47)(H2,42,43,52)/t22-,23?,24?,25?,26-,27+,28-,29-,30-/m0/s1. The van der Waals surface area contributed by atoms with Crippen molar-refractivity contribution in [2.24, 2.45) is 34.5 Å². The van der Waals surface area contributed by atoms with Gasteiger partial charge in [0.05, 0.1) is 18.2 Å². The largest absolute Gasteiger partial charge is 0.376 e. The van der Waals surface area contributed by atoms with Crippen LogP contribution in [-0.4, -0.2) is 108 Å². The molecule has 3 heterocycles. The molecular formula is C39H60N6O8. The second-order valence-corrected chi connectivity index (χ2v) is 17.5. The van der Waals surface area contributed by atoms with Crippen LogP contribution in [0.3, 0.4) is 0 Å². The molecule has 4 N–H and O–H groups in total. The molecule has 0 aromatic heterocycles. The van der Waals surface area contributed by atoms with Gasteiger partial charge in [0.15, 0.2) is 0 Å². The molecule has 294 valence electrons. The highest BCUT2D eigenvalue weighted by Crippen LogP contribution is 2.65.